The molecule has 1 aliphatic heterocycles. The van der Waals surface area contributed by atoms with Crippen LogP contribution in [0, 0.1) is 6.92 Å². The van der Waals surface area contributed by atoms with Gasteiger partial charge in [0.15, 0.2) is 0 Å². The molecule has 1 saturated heterocycles. The summed E-state index contributed by atoms with van der Waals surface area (Å²) in [6.07, 6.45) is 4.11. The number of nitrogens with one attached hydrogen (secondary N) is 2. The second-order valence-electron chi connectivity index (χ2n) is 6.58. The molecule has 1 aromatic carbocycles. The van der Waals surface area contributed by atoms with Crippen LogP contribution in [0.4, 0.5) is 0 Å². The third-order valence-corrected chi connectivity index (χ3v) is 4.52. The number of H-pyrrole nitrogens is 1. The van der Waals surface area contributed by atoms with Crippen LogP contribution in [0.3, 0.4) is 0 Å². The van der Waals surface area contributed by atoms with Gasteiger partial charge in [-0.1, -0.05) is 6.07 Å². The fraction of sp³-hybridized carbons (Fsp3) is 0.556. The van der Waals surface area contributed by atoms with Crippen LogP contribution in [0.25, 0.3) is 11.0 Å². The van der Waals surface area contributed by atoms with Crippen LogP contribution < -0.4 is 5.32 Å². The molecule has 1 aromatic heterocycles. The Morgan fingerprint density at radius 2 is 2.17 bits per heavy atom. The quantitative estimate of drug-likeness (QED) is 0.862. The van der Waals surface area contributed by atoms with E-state index in [-0.39, 0.29) is 11.9 Å². The van der Waals surface area contributed by atoms with Gasteiger partial charge in [-0.25, -0.2) is 4.98 Å². The number of carbonyl (C=O) groups excluding carboxylic acids is 1. The largest absolute Gasteiger partial charge is 0.346 e. The van der Waals surface area contributed by atoms with Crippen LogP contribution in [-0.4, -0.2) is 40.4 Å². The van der Waals surface area contributed by atoms with Gasteiger partial charge in [-0.3, -0.25) is 4.79 Å². The molecule has 5 nitrogen and oxygen atoms in total. The highest BCUT2D eigenvalue weighted by molar-refractivity contribution is 5.77. The molecule has 1 unspecified atom stereocenters. The average molecular weight is 314 g/mol. The SMILES string of the molecule is Cc1ccc2nc(C(C)NC(=O)CCCN3CCCC3)[nH]c2c1. The van der Waals surface area contributed by atoms with E-state index in [1.165, 1.54) is 31.5 Å². The topological polar surface area (TPSA) is 61.0 Å². The number of likely N-dealkylation sites (tertiary alicyclic amines) is 1. The number of aryl methyl sites for hydroxylation is 1. The number of carbonyl (C=O) groups is 1. The number of hydrogen-bond donors (Lipinski definition) is 2. The van der Waals surface area contributed by atoms with Gasteiger partial charge in [-0.05, 0) is 70.4 Å². The molecule has 2 aromatic rings. The first-order valence-corrected chi connectivity index (χ1v) is 8.60. The molecule has 1 atom stereocenters. The lowest BCUT2D eigenvalue weighted by Gasteiger charge is -2.15. The Morgan fingerprint density at radius 1 is 1.39 bits per heavy atom. The number of amides is 1. The van der Waals surface area contributed by atoms with E-state index in [0.717, 1.165) is 29.8 Å². The van der Waals surface area contributed by atoms with Crippen molar-refractivity contribution in [1.29, 1.82) is 0 Å². The highest BCUT2D eigenvalue weighted by atomic mass is 16.1. The zero-order valence-electron chi connectivity index (χ0n) is 14.1. The van der Waals surface area contributed by atoms with Crippen LogP contribution in [-0.2, 0) is 4.79 Å². The number of rotatable bonds is 6. The Bertz CT molecular complexity index is 673. The lowest BCUT2D eigenvalue weighted by Crippen LogP contribution is -2.28. The summed E-state index contributed by atoms with van der Waals surface area (Å²) >= 11 is 0. The molecule has 0 radical (unpaired) electrons. The molecular weight excluding hydrogens is 288 g/mol. The van der Waals surface area contributed by atoms with E-state index in [1.807, 2.05) is 13.0 Å². The van der Waals surface area contributed by atoms with Crippen molar-refractivity contribution in [2.75, 3.05) is 19.6 Å². The van der Waals surface area contributed by atoms with Gasteiger partial charge < -0.3 is 15.2 Å². The standard InChI is InChI=1S/C18H26N4O/c1-13-7-8-15-16(12-13)21-18(20-15)14(2)19-17(23)6-5-11-22-9-3-4-10-22/h7-8,12,14H,3-6,9-11H2,1-2H3,(H,19,23)(H,20,21). The van der Waals surface area contributed by atoms with Crippen LogP contribution in [0.2, 0.25) is 0 Å². The van der Waals surface area contributed by atoms with Gasteiger partial charge in [0.1, 0.15) is 5.82 Å². The molecule has 0 bridgehead atoms. The maximum atomic E-state index is 12.1. The molecule has 0 saturated carbocycles. The van der Waals surface area contributed by atoms with Gasteiger partial charge in [0.25, 0.3) is 0 Å². The fourth-order valence-corrected chi connectivity index (χ4v) is 3.20. The normalized spacial score (nSPS) is 16.8. The van der Waals surface area contributed by atoms with E-state index >= 15 is 0 Å². The molecule has 0 spiro atoms. The predicted molar refractivity (Wildman–Crippen MR) is 92.3 cm³/mol. The zero-order chi connectivity index (χ0) is 16.2. The van der Waals surface area contributed by atoms with Crippen LogP contribution in [0.1, 0.15) is 50.0 Å². The van der Waals surface area contributed by atoms with Crippen LogP contribution >= 0.6 is 0 Å². The molecule has 1 amide bonds. The van der Waals surface area contributed by atoms with Gasteiger partial charge >= 0.3 is 0 Å². The Kier molecular flexibility index (Phi) is 4.96. The van der Waals surface area contributed by atoms with E-state index in [9.17, 15) is 4.79 Å². The maximum absolute atomic E-state index is 12.1. The highest BCUT2D eigenvalue weighted by Gasteiger charge is 2.15. The van der Waals surface area contributed by atoms with E-state index in [2.05, 4.69) is 39.2 Å². The first-order valence-electron chi connectivity index (χ1n) is 8.60. The van der Waals surface area contributed by atoms with E-state index in [1.54, 1.807) is 0 Å². The van der Waals surface area contributed by atoms with E-state index in [0.29, 0.717) is 6.42 Å². The average Bonchev–Trinajstić information content (AvgIpc) is 3.15. The molecule has 23 heavy (non-hydrogen) atoms. The Balaban J connectivity index is 1.50. The molecule has 1 fully saturated rings. The van der Waals surface area contributed by atoms with Crippen molar-refractivity contribution >= 4 is 16.9 Å². The van der Waals surface area contributed by atoms with Crippen molar-refractivity contribution in [2.24, 2.45) is 0 Å². The van der Waals surface area contributed by atoms with Gasteiger partial charge in [-0.2, -0.15) is 0 Å². The van der Waals surface area contributed by atoms with Crippen LogP contribution in [0.5, 0.6) is 0 Å². The van der Waals surface area contributed by atoms with E-state index < -0.39 is 0 Å². The number of nitrogens with zero attached hydrogens (tertiary/aromatic N) is 2. The van der Waals surface area contributed by atoms with Crippen molar-refractivity contribution < 1.29 is 4.79 Å². The lowest BCUT2D eigenvalue weighted by atomic mass is 10.2. The number of imidazole rings is 1. The molecule has 1 aliphatic rings. The molecule has 2 heterocycles. The second kappa shape index (κ2) is 7.13. The Morgan fingerprint density at radius 3 is 2.96 bits per heavy atom. The van der Waals surface area contributed by atoms with Crippen molar-refractivity contribution in [1.82, 2.24) is 20.2 Å². The highest BCUT2D eigenvalue weighted by Crippen LogP contribution is 2.17. The Labute approximate surface area is 137 Å². The third kappa shape index (κ3) is 4.10. The number of benzene rings is 1. The summed E-state index contributed by atoms with van der Waals surface area (Å²) in [5.41, 5.74) is 3.17. The van der Waals surface area contributed by atoms with Crippen molar-refractivity contribution in [3.63, 3.8) is 0 Å². The molecule has 2 N–H and O–H groups in total. The summed E-state index contributed by atoms with van der Waals surface area (Å²) in [6.45, 7) is 7.45. The summed E-state index contributed by atoms with van der Waals surface area (Å²) in [4.78, 5) is 22.4. The van der Waals surface area contributed by atoms with Crippen molar-refractivity contribution in [3.8, 4) is 0 Å². The summed E-state index contributed by atoms with van der Waals surface area (Å²) in [7, 11) is 0. The number of fused-ring (bicyclic) bond motifs is 1. The number of aromatic nitrogens is 2. The van der Waals surface area contributed by atoms with Gasteiger partial charge in [0, 0.05) is 6.42 Å². The maximum Gasteiger partial charge on any atom is 0.220 e. The summed E-state index contributed by atoms with van der Waals surface area (Å²) in [5.74, 6) is 0.923. The predicted octanol–water partition coefficient (Wildman–Crippen LogP) is 2.92. The molecule has 3 rings (SSSR count). The summed E-state index contributed by atoms with van der Waals surface area (Å²) < 4.78 is 0. The lowest BCUT2D eigenvalue weighted by molar-refractivity contribution is -0.121. The first kappa shape index (κ1) is 16.0. The number of hydrogen-bond acceptors (Lipinski definition) is 3. The summed E-state index contributed by atoms with van der Waals surface area (Å²) in [6, 6.07) is 6.04. The molecular formula is C18H26N4O. The van der Waals surface area contributed by atoms with Gasteiger partial charge in [0.05, 0.1) is 17.1 Å². The van der Waals surface area contributed by atoms with Crippen molar-refractivity contribution in [3.05, 3.63) is 29.6 Å². The third-order valence-electron chi connectivity index (χ3n) is 4.52. The van der Waals surface area contributed by atoms with E-state index in [4.69, 9.17) is 0 Å². The zero-order valence-corrected chi connectivity index (χ0v) is 14.1. The smallest absolute Gasteiger partial charge is 0.220 e. The van der Waals surface area contributed by atoms with Crippen molar-refractivity contribution in [2.45, 2.75) is 45.6 Å². The molecule has 0 aliphatic carbocycles. The first-order chi connectivity index (χ1) is 11.1. The Hall–Kier alpha value is -1.88. The minimum Gasteiger partial charge on any atom is -0.346 e. The van der Waals surface area contributed by atoms with Crippen LogP contribution in [0.15, 0.2) is 18.2 Å². The van der Waals surface area contributed by atoms with Gasteiger partial charge in [-0.15, -0.1) is 0 Å². The molecule has 124 valence electrons. The summed E-state index contributed by atoms with van der Waals surface area (Å²) in [5, 5.41) is 3.05. The second-order valence-corrected chi connectivity index (χ2v) is 6.58. The molecule has 5 heteroatoms. The fourth-order valence-electron chi connectivity index (χ4n) is 3.20. The van der Waals surface area contributed by atoms with Gasteiger partial charge in [0.2, 0.25) is 5.91 Å². The number of aromatic amines is 1. The minimum absolute atomic E-state index is 0.0954. The minimum atomic E-state index is -0.0954. The monoisotopic (exact) mass is 314 g/mol.